The zero-order valence-corrected chi connectivity index (χ0v) is 17.5. The number of hydrogen-bond acceptors (Lipinski definition) is 6. The summed E-state index contributed by atoms with van der Waals surface area (Å²) < 4.78 is 5.15. The molecule has 3 heterocycles. The van der Waals surface area contributed by atoms with E-state index in [4.69, 9.17) is 4.74 Å². The zero-order chi connectivity index (χ0) is 20.2. The molecule has 29 heavy (non-hydrogen) atoms. The number of hydrogen-bond donors (Lipinski definition) is 1. The molecule has 0 unspecified atom stereocenters. The third-order valence-corrected chi connectivity index (χ3v) is 6.66. The van der Waals surface area contributed by atoms with E-state index >= 15 is 0 Å². The normalized spacial score (nSPS) is 21.1. The molecule has 2 aliphatic heterocycles. The van der Waals surface area contributed by atoms with Gasteiger partial charge in [0.1, 0.15) is 5.75 Å². The molecule has 0 aliphatic carbocycles. The summed E-state index contributed by atoms with van der Waals surface area (Å²) in [6.45, 7) is 3.98. The molecule has 4 rings (SSSR count). The van der Waals surface area contributed by atoms with Crippen LogP contribution in [-0.4, -0.2) is 49.5 Å². The van der Waals surface area contributed by atoms with Gasteiger partial charge in [0.25, 0.3) is 5.91 Å². The average molecular weight is 414 g/mol. The SMILES string of the molecule is COc1ccc(N2C(=O)C[C@H](NCC3CCN(Cc4cccs4)CC3)C2=O)cc1. The number of anilines is 1. The van der Waals surface area contributed by atoms with Gasteiger partial charge in [0.2, 0.25) is 5.91 Å². The van der Waals surface area contributed by atoms with Crippen LogP contribution in [-0.2, 0) is 16.1 Å². The monoisotopic (exact) mass is 413 g/mol. The summed E-state index contributed by atoms with van der Waals surface area (Å²) in [4.78, 5) is 30.4. The van der Waals surface area contributed by atoms with Crippen molar-refractivity contribution in [3.8, 4) is 5.75 Å². The molecule has 0 saturated carbocycles. The Bertz CT molecular complexity index is 829. The van der Waals surface area contributed by atoms with E-state index in [1.54, 1.807) is 31.4 Å². The number of likely N-dealkylation sites (tertiary alicyclic amines) is 1. The predicted octanol–water partition coefficient (Wildman–Crippen LogP) is 2.89. The first kappa shape index (κ1) is 20.1. The summed E-state index contributed by atoms with van der Waals surface area (Å²) in [5.41, 5.74) is 0.604. The third-order valence-electron chi connectivity index (χ3n) is 5.80. The van der Waals surface area contributed by atoms with Crippen LogP contribution in [0.3, 0.4) is 0 Å². The van der Waals surface area contributed by atoms with Crippen molar-refractivity contribution >= 4 is 28.8 Å². The van der Waals surface area contributed by atoms with Crippen LogP contribution in [0.25, 0.3) is 0 Å². The van der Waals surface area contributed by atoms with E-state index in [1.807, 2.05) is 11.3 Å². The molecule has 0 bridgehead atoms. The molecule has 6 nitrogen and oxygen atoms in total. The number of methoxy groups -OCH3 is 1. The predicted molar refractivity (Wildman–Crippen MR) is 114 cm³/mol. The minimum atomic E-state index is -0.422. The minimum absolute atomic E-state index is 0.150. The van der Waals surface area contributed by atoms with Crippen molar-refractivity contribution in [1.82, 2.24) is 10.2 Å². The van der Waals surface area contributed by atoms with Crippen molar-refractivity contribution in [3.63, 3.8) is 0 Å². The Kier molecular flexibility index (Phi) is 6.28. The highest BCUT2D eigenvalue weighted by Crippen LogP contribution is 2.26. The number of amides is 2. The van der Waals surface area contributed by atoms with Crippen LogP contribution in [0.4, 0.5) is 5.69 Å². The summed E-state index contributed by atoms with van der Waals surface area (Å²) in [6, 6.07) is 10.9. The summed E-state index contributed by atoms with van der Waals surface area (Å²) in [5, 5.41) is 5.49. The molecule has 0 radical (unpaired) electrons. The molecule has 1 aromatic carbocycles. The molecule has 2 fully saturated rings. The summed E-state index contributed by atoms with van der Waals surface area (Å²) in [7, 11) is 1.59. The van der Waals surface area contributed by atoms with Crippen molar-refractivity contribution in [2.75, 3.05) is 31.6 Å². The zero-order valence-electron chi connectivity index (χ0n) is 16.7. The van der Waals surface area contributed by atoms with Gasteiger partial charge < -0.3 is 10.1 Å². The maximum atomic E-state index is 12.8. The second-order valence-electron chi connectivity index (χ2n) is 7.73. The number of nitrogens with zero attached hydrogens (tertiary/aromatic N) is 2. The van der Waals surface area contributed by atoms with Gasteiger partial charge in [0.05, 0.1) is 25.3 Å². The largest absolute Gasteiger partial charge is 0.497 e. The smallest absolute Gasteiger partial charge is 0.251 e. The van der Waals surface area contributed by atoms with E-state index in [0.717, 1.165) is 39.0 Å². The lowest BCUT2D eigenvalue weighted by Gasteiger charge is -2.32. The number of nitrogens with one attached hydrogen (secondary N) is 1. The molecular weight excluding hydrogens is 386 g/mol. The number of imide groups is 1. The molecule has 2 saturated heterocycles. The van der Waals surface area contributed by atoms with Crippen molar-refractivity contribution in [3.05, 3.63) is 46.7 Å². The molecule has 1 atom stereocenters. The van der Waals surface area contributed by atoms with Crippen molar-refractivity contribution in [1.29, 1.82) is 0 Å². The molecular formula is C22H27N3O3S. The summed E-state index contributed by atoms with van der Waals surface area (Å²) in [5.74, 6) is 0.944. The number of piperidine rings is 1. The lowest BCUT2D eigenvalue weighted by atomic mass is 9.96. The minimum Gasteiger partial charge on any atom is -0.497 e. The van der Waals surface area contributed by atoms with Crippen molar-refractivity contribution < 1.29 is 14.3 Å². The molecule has 1 aromatic heterocycles. The Hall–Kier alpha value is -2.22. The fourth-order valence-corrected chi connectivity index (χ4v) is 4.82. The van der Waals surface area contributed by atoms with Gasteiger partial charge in [0.15, 0.2) is 0 Å². The molecule has 7 heteroatoms. The molecule has 1 N–H and O–H groups in total. The van der Waals surface area contributed by atoms with Gasteiger partial charge >= 0.3 is 0 Å². The van der Waals surface area contributed by atoms with Gasteiger partial charge in [-0.2, -0.15) is 0 Å². The highest BCUT2D eigenvalue weighted by atomic mass is 32.1. The number of thiophene rings is 1. The second kappa shape index (κ2) is 9.07. The van der Waals surface area contributed by atoms with Crippen LogP contribution in [0.2, 0.25) is 0 Å². The summed E-state index contributed by atoms with van der Waals surface area (Å²) in [6.07, 6.45) is 2.47. The average Bonchev–Trinajstić information content (AvgIpc) is 3.35. The van der Waals surface area contributed by atoms with Crippen LogP contribution in [0.15, 0.2) is 41.8 Å². The van der Waals surface area contributed by atoms with Crippen LogP contribution in [0, 0.1) is 5.92 Å². The molecule has 2 aliphatic rings. The highest BCUT2D eigenvalue weighted by Gasteiger charge is 2.39. The number of benzene rings is 1. The second-order valence-corrected chi connectivity index (χ2v) is 8.76. The van der Waals surface area contributed by atoms with Gasteiger partial charge in [-0.05, 0) is 74.1 Å². The van der Waals surface area contributed by atoms with Gasteiger partial charge in [0, 0.05) is 11.4 Å². The van der Waals surface area contributed by atoms with E-state index in [2.05, 4.69) is 27.7 Å². The highest BCUT2D eigenvalue weighted by molar-refractivity contribution is 7.09. The maximum Gasteiger partial charge on any atom is 0.251 e. The summed E-state index contributed by atoms with van der Waals surface area (Å²) >= 11 is 1.81. The van der Waals surface area contributed by atoms with Crippen LogP contribution in [0.1, 0.15) is 24.1 Å². The van der Waals surface area contributed by atoms with Gasteiger partial charge in [-0.15, -0.1) is 11.3 Å². The third kappa shape index (κ3) is 4.69. The Morgan fingerprint density at radius 1 is 1.14 bits per heavy atom. The standard InChI is InChI=1S/C22H27N3O3S/c1-28-18-6-4-17(5-7-18)25-21(26)13-20(22(25)27)23-14-16-8-10-24(11-9-16)15-19-3-2-12-29-19/h2-7,12,16,20,23H,8-11,13-15H2,1H3/t20-/m0/s1. The molecule has 2 aromatic rings. The van der Waals surface area contributed by atoms with E-state index < -0.39 is 6.04 Å². The first-order chi connectivity index (χ1) is 14.1. The van der Waals surface area contributed by atoms with E-state index in [9.17, 15) is 9.59 Å². The topological polar surface area (TPSA) is 61.9 Å². The van der Waals surface area contributed by atoms with E-state index in [1.165, 1.54) is 9.78 Å². The Balaban J connectivity index is 1.26. The van der Waals surface area contributed by atoms with E-state index in [0.29, 0.717) is 17.4 Å². The van der Waals surface area contributed by atoms with E-state index in [-0.39, 0.29) is 18.2 Å². The quantitative estimate of drug-likeness (QED) is 0.708. The van der Waals surface area contributed by atoms with Crippen LogP contribution < -0.4 is 15.0 Å². The fraction of sp³-hybridized carbons (Fsp3) is 0.455. The van der Waals surface area contributed by atoms with Gasteiger partial charge in [-0.25, -0.2) is 4.90 Å². The van der Waals surface area contributed by atoms with Crippen LogP contribution >= 0.6 is 11.3 Å². The first-order valence-corrected chi connectivity index (χ1v) is 11.0. The number of ether oxygens (including phenoxy) is 1. The van der Waals surface area contributed by atoms with Crippen LogP contribution in [0.5, 0.6) is 5.75 Å². The maximum absolute atomic E-state index is 12.8. The lowest BCUT2D eigenvalue weighted by molar-refractivity contribution is -0.121. The Morgan fingerprint density at radius 3 is 2.55 bits per heavy atom. The number of carbonyl (C=O) groups is 2. The molecule has 0 spiro atoms. The number of carbonyl (C=O) groups excluding carboxylic acids is 2. The molecule has 2 amide bonds. The van der Waals surface area contributed by atoms with Crippen molar-refractivity contribution in [2.24, 2.45) is 5.92 Å². The first-order valence-electron chi connectivity index (χ1n) is 10.1. The number of rotatable bonds is 7. The van der Waals surface area contributed by atoms with Gasteiger partial charge in [-0.3, -0.25) is 14.5 Å². The Morgan fingerprint density at radius 2 is 1.90 bits per heavy atom. The Labute approximate surface area is 175 Å². The van der Waals surface area contributed by atoms with Crippen molar-refractivity contribution in [2.45, 2.75) is 31.8 Å². The lowest BCUT2D eigenvalue weighted by Crippen LogP contribution is -2.43. The molecule has 154 valence electrons. The fourth-order valence-electron chi connectivity index (χ4n) is 4.07. The van der Waals surface area contributed by atoms with Gasteiger partial charge in [-0.1, -0.05) is 6.07 Å².